The Bertz CT molecular complexity index is 927. The fourth-order valence-corrected chi connectivity index (χ4v) is 7.88. The Morgan fingerprint density at radius 1 is 0.607 bits per heavy atom. The molecule has 0 aliphatic carbocycles. The summed E-state index contributed by atoms with van der Waals surface area (Å²) in [6.07, 6.45) is 45.4. The maximum atomic E-state index is 12.9. The Balaban J connectivity index is 4.35. The van der Waals surface area contributed by atoms with E-state index in [4.69, 9.17) is 9.05 Å². The van der Waals surface area contributed by atoms with E-state index in [1.807, 2.05) is 27.2 Å². The Morgan fingerprint density at radius 3 is 1.34 bits per heavy atom. The molecule has 0 bridgehead atoms. The second-order valence-electron chi connectivity index (χ2n) is 17.8. The Hall–Kier alpha value is -0.760. The number of nitrogens with one attached hydrogen (secondary N) is 1. The predicted molar refractivity (Wildman–Crippen MR) is 238 cm³/mol. The van der Waals surface area contributed by atoms with Gasteiger partial charge < -0.3 is 28.8 Å². The van der Waals surface area contributed by atoms with Gasteiger partial charge in [0.15, 0.2) is 0 Å². The third-order valence-corrected chi connectivity index (χ3v) is 12.0. The summed E-state index contributed by atoms with van der Waals surface area (Å²) in [6.45, 7) is 4.67. The van der Waals surface area contributed by atoms with Gasteiger partial charge in [0.05, 0.1) is 39.9 Å². The van der Waals surface area contributed by atoms with Crippen molar-refractivity contribution in [2.45, 2.75) is 244 Å². The molecule has 0 aromatic carbocycles. The second kappa shape index (κ2) is 39.7. The smallest absolute Gasteiger partial charge is 0.268 e. The van der Waals surface area contributed by atoms with Crippen LogP contribution in [0.25, 0.3) is 0 Å². The van der Waals surface area contributed by atoms with Gasteiger partial charge in [-0.25, -0.2) is 0 Å². The highest BCUT2D eigenvalue weighted by Gasteiger charge is 2.23. The number of unbranched alkanes of at least 4 members (excludes halogenated alkanes) is 31. The molecule has 0 fully saturated rings. The van der Waals surface area contributed by atoms with Crippen molar-refractivity contribution < 1.29 is 32.9 Å². The number of allylic oxidation sites excluding steroid dienone is 1. The Kier molecular flexibility index (Phi) is 39.1. The van der Waals surface area contributed by atoms with Crippen LogP contribution in [-0.4, -0.2) is 68.5 Å². The summed E-state index contributed by atoms with van der Waals surface area (Å²) < 4.78 is 23.2. The topological polar surface area (TPSA) is 108 Å². The van der Waals surface area contributed by atoms with Gasteiger partial charge in [0.2, 0.25) is 5.91 Å². The molecule has 3 atom stereocenters. The molecular formula is C47H95N2O6P. The van der Waals surface area contributed by atoms with Crippen LogP contribution in [0.5, 0.6) is 0 Å². The highest BCUT2D eigenvalue weighted by Crippen LogP contribution is 2.38. The molecular weight excluding hydrogens is 719 g/mol. The normalized spacial score (nSPS) is 14.3. The number of hydrogen-bond donors (Lipinski definition) is 2. The van der Waals surface area contributed by atoms with Gasteiger partial charge in [-0.2, -0.15) is 0 Å². The van der Waals surface area contributed by atoms with E-state index in [9.17, 15) is 19.4 Å². The molecule has 8 nitrogen and oxygen atoms in total. The number of rotatable bonds is 44. The molecule has 0 spiro atoms. The molecule has 0 radical (unpaired) electrons. The van der Waals surface area contributed by atoms with Crippen molar-refractivity contribution in [3.05, 3.63) is 12.2 Å². The number of phosphoric ester groups is 1. The third-order valence-electron chi connectivity index (χ3n) is 11.0. The van der Waals surface area contributed by atoms with E-state index in [2.05, 4.69) is 19.2 Å². The predicted octanol–water partition coefficient (Wildman–Crippen LogP) is 12.9. The summed E-state index contributed by atoms with van der Waals surface area (Å²) in [6, 6.07) is -0.880. The molecule has 9 heteroatoms. The van der Waals surface area contributed by atoms with E-state index in [-0.39, 0.29) is 19.1 Å². The van der Waals surface area contributed by atoms with E-state index in [0.717, 1.165) is 38.5 Å². The van der Waals surface area contributed by atoms with Gasteiger partial charge in [0.25, 0.3) is 7.82 Å². The largest absolute Gasteiger partial charge is 0.756 e. The quantitative estimate of drug-likeness (QED) is 0.0274. The van der Waals surface area contributed by atoms with E-state index in [1.165, 1.54) is 173 Å². The number of amides is 1. The van der Waals surface area contributed by atoms with Crippen molar-refractivity contribution in [1.29, 1.82) is 0 Å². The average Bonchev–Trinajstić information content (AvgIpc) is 3.15. The van der Waals surface area contributed by atoms with E-state index >= 15 is 0 Å². The molecule has 56 heavy (non-hydrogen) atoms. The van der Waals surface area contributed by atoms with Crippen LogP contribution in [0.2, 0.25) is 0 Å². The number of hydrogen-bond acceptors (Lipinski definition) is 6. The molecule has 1 amide bonds. The van der Waals surface area contributed by atoms with E-state index in [0.29, 0.717) is 17.4 Å². The summed E-state index contributed by atoms with van der Waals surface area (Å²) in [7, 11) is 1.27. The monoisotopic (exact) mass is 815 g/mol. The van der Waals surface area contributed by atoms with Crippen molar-refractivity contribution in [3.63, 3.8) is 0 Å². The first kappa shape index (κ1) is 55.2. The minimum Gasteiger partial charge on any atom is -0.756 e. The van der Waals surface area contributed by atoms with Crippen LogP contribution in [0.1, 0.15) is 232 Å². The highest BCUT2D eigenvalue weighted by molar-refractivity contribution is 7.45. The summed E-state index contributed by atoms with van der Waals surface area (Å²) in [5.41, 5.74) is 0. The first-order valence-corrected chi connectivity index (χ1v) is 25.5. The lowest BCUT2D eigenvalue weighted by molar-refractivity contribution is -0.870. The van der Waals surface area contributed by atoms with Crippen LogP contribution >= 0.6 is 7.82 Å². The number of phosphoric acid groups is 1. The molecule has 334 valence electrons. The SMILES string of the molecule is CCCCCCCCCCCCCCCCCC/C=C/C(O)C(COP(=O)([O-])OCC[N+](C)(C)C)NC(=O)CCCCCCCCCCCCCCCCCC. The van der Waals surface area contributed by atoms with E-state index < -0.39 is 20.0 Å². The lowest BCUT2D eigenvalue weighted by Gasteiger charge is -2.29. The van der Waals surface area contributed by atoms with Gasteiger partial charge in [-0.1, -0.05) is 219 Å². The van der Waals surface area contributed by atoms with E-state index in [1.54, 1.807) is 6.08 Å². The van der Waals surface area contributed by atoms with Gasteiger partial charge in [-0.05, 0) is 19.3 Å². The zero-order chi connectivity index (χ0) is 41.4. The van der Waals surface area contributed by atoms with Gasteiger partial charge in [0, 0.05) is 6.42 Å². The van der Waals surface area contributed by atoms with Crippen LogP contribution in [0.3, 0.4) is 0 Å². The standard InChI is InChI=1S/C47H95N2O6P/c1-6-8-10-12-14-16-18-20-22-24-25-26-28-30-32-34-36-38-40-46(50)45(44-55-56(52,53)54-43-42-49(3,4)5)48-47(51)41-39-37-35-33-31-29-27-23-21-19-17-15-13-11-9-7-2/h38,40,45-46,50H,6-37,39,41-44H2,1-5H3,(H-,48,51,52,53)/b40-38+. The molecule has 0 aromatic heterocycles. The molecule has 0 heterocycles. The zero-order valence-corrected chi connectivity index (χ0v) is 38.7. The van der Waals surface area contributed by atoms with Crippen molar-refractivity contribution in [2.24, 2.45) is 0 Å². The molecule has 0 aliphatic heterocycles. The lowest BCUT2D eigenvalue weighted by Crippen LogP contribution is -2.45. The fourth-order valence-electron chi connectivity index (χ4n) is 7.15. The lowest BCUT2D eigenvalue weighted by atomic mass is 10.0. The number of quaternary nitrogens is 1. The maximum Gasteiger partial charge on any atom is 0.268 e. The van der Waals surface area contributed by atoms with Crippen LogP contribution < -0.4 is 10.2 Å². The number of aliphatic hydroxyl groups excluding tert-OH is 1. The zero-order valence-electron chi connectivity index (χ0n) is 37.9. The summed E-state index contributed by atoms with van der Waals surface area (Å²) in [5, 5.41) is 13.8. The van der Waals surface area contributed by atoms with Gasteiger partial charge in [0.1, 0.15) is 13.2 Å². The fraction of sp³-hybridized carbons (Fsp3) is 0.936. The summed E-state index contributed by atoms with van der Waals surface area (Å²) >= 11 is 0. The highest BCUT2D eigenvalue weighted by atomic mass is 31.2. The van der Waals surface area contributed by atoms with Crippen LogP contribution in [-0.2, 0) is 18.4 Å². The molecule has 0 rings (SSSR count). The number of carbonyl (C=O) groups is 1. The van der Waals surface area contributed by atoms with Crippen LogP contribution in [0, 0.1) is 0 Å². The number of likely N-dealkylation sites (N-methyl/N-ethyl adjacent to an activating group) is 1. The van der Waals surface area contributed by atoms with Gasteiger partial charge in [-0.3, -0.25) is 9.36 Å². The Labute approximate surface area is 348 Å². The Morgan fingerprint density at radius 2 is 0.964 bits per heavy atom. The number of carbonyl (C=O) groups excluding carboxylic acids is 1. The average molecular weight is 815 g/mol. The summed E-state index contributed by atoms with van der Waals surface area (Å²) in [5.74, 6) is -0.194. The molecule has 0 aromatic rings. The minimum absolute atomic E-state index is 0.00230. The van der Waals surface area contributed by atoms with Crippen molar-refractivity contribution in [1.82, 2.24) is 5.32 Å². The maximum absolute atomic E-state index is 12.9. The first-order chi connectivity index (χ1) is 27.0. The third kappa shape index (κ3) is 41.4. The minimum atomic E-state index is -4.58. The van der Waals surface area contributed by atoms with Gasteiger partial charge in [-0.15, -0.1) is 0 Å². The molecule has 0 saturated carbocycles. The number of aliphatic hydroxyl groups is 1. The molecule has 2 N–H and O–H groups in total. The van der Waals surface area contributed by atoms with Crippen molar-refractivity contribution in [3.8, 4) is 0 Å². The molecule has 0 aliphatic rings. The number of nitrogens with zero attached hydrogens (tertiary/aromatic N) is 1. The van der Waals surface area contributed by atoms with Crippen molar-refractivity contribution >= 4 is 13.7 Å². The van der Waals surface area contributed by atoms with Gasteiger partial charge >= 0.3 is 0 Å². The van der Waals surface area contributed by atoms with Crippen molar-refractivity contribution in [2.75, 3.05) is 40.9 Å². The first-order valence-electron chi connectivity index (χ1n) is 24.1. The molecule has 3 unspecified atom stereocenters. The van der Waals surface area contributed by atoms with Crippen LogP contribution in [0.15, 0.2) is 12.2 Å². The second-order valence-corrected chi connectivity index (χ2v) is 19.2. The molecule has 0 saturated heterocycles. The summed E-state index contributed by atoms with van der Waals surface area (Å²) in [4.78, 5) is 25.3. The van der Waals surface area contributed by atoms with Crippen LogP contribution in [0.4, 0.5) is 0 Å².